The maximum atomic E-state index is 13.2. The number of ether oxygens (including phenoxy) is 1. The van der Waals surface area contributed by atoms with Gasteiger partial charge >= 0.3 is 0 Å². The highest BCUT2D eigenvalue weighted by Gasteiger charge is 2.19. The van der Waals surface area contributed by atoms with Gasteiger partial charge in [0.25, 0.3) is 5.91 Å². The molecule has 30 heavy (non-hydrogen) atoms. The Labute approximate surface area is 180 Å². The van der Waals surface area contributed by atoms with Gasteiger partial charge in [0.1, 0.15) is 5.75 Å². The van der Waals surface area contributed by atoms with E-state index >= 15 is 0 Å². The average molecular weight is 402 g/mol. The zero-order valence-corrected chi connectivity index (χ0v) is 18.1. The zero-order valence-electron chi connectivity index (χ0n) is 18.1. The monoisotopic (exact) mass is 401 g/mol. The molecule has 0 bridgehead atoms. The summed E-state index contributed by atoms with van der Waals surface area (Å²) >= 11 is 0. The molecule has 0 heterocycles. The van der Waals surface area contributed by atoms with Gasteiger partial charge in [-0.25, -0.2) is 0 Å². The Morgan fingerprint density at radius 3 is 2.20 bits per heavy atom. The van der Waals surface area contributed by atoms with E-state index in [0.717, 1.165) is 41.7 Å². The second-order valence-corrected chi connectivity index (χ2v) is 8.07. The van der Waals surface area contributed by atoms with E-state index in [1.165, 1.54) is 5.56 Å². The van der Waals surface area contributed by atoms with Gasteiger partial charge in [0.2, 0.25) is 0 Å². The van der Waals surface area contributed by atoms with E-state index < -0.39 is 0 Å². The number of hydrogen-bond donors (Lipinski definition) is 1. The zero-order chi connectivity index (χ0) is 21.3. The summed E-state index contributed by atoms with van der Waals surface area (Å²) in [4.78, 5) is 13.2. The fourth-order valence-corrected chi connectivity index (χ4v) is 3.71. The Hall–Kier alpha value is -3.07. The topological polar surface area (TPSA) is 38.3 Å². The van der Waals surface area contributed by atoms with E-state index in [9.17, 15) is 4.79 Å². The number of amides is 1. The Morgan fingerprint density at radius 1 is 0.867 bits per heavy atom. The van der Waals surface area contributed by atoms with Gasteiger partial charge in [0.05, 0.1) is 13.2 Å². The predicted molar refractivity (Wildman–Crippen MR) is 123 cm³/mol. The van der Waals surface area contributed by atoms with E-state index in [1.807, 2.05) is 48.5 Å². The molecule has 1 N–H and O–H groups in total. The van der Waals surface area contributed by atoms with E-state index in [2.05, 4.69) is 49.5 Å². The van der Waals surface area contributed by atoms with Gasteiger partial charge < -0.3 is 10.1 Å². The summed E-state index contributed by atoms with van der Waals surface area (Å²) in [6.45, 7) is 4.35. The van der Waals surface area contributed by atoms with Crippen LogP contribution < -0.4 is 10.1 Å². The highest BCUT2D eigenvalue weighted by atomic mass is 16.5. The molecule has 3 nitrogen and oxygen atoms in total. The average Bonchev–Trinajstić information content (AvgIpc) is 2.78. The smallest absolute Gasteiger partial charge is 0.252 e. The SMILES string of the molecule is COc1ccc([C@@H](CC(C)C)NC(=O)c2ccccc2CCc2ccccc2)cc1. The van der Waals surface area contributed by atoms with E-state index in [4.69, 9.17) is 4.74 Å². The number of methoxy groups -OCH3 is 1. The van der Waals surface area contributed by atoms with Gasteiger partial charge in [-0.15, -0.1) is 0 Å². The molecule has 0 unspecified atom stereocenters. The molecule has 0 saturated carbocycles. The lowest BCUT2D eigenvalue weighted by molar-refractivity contribution is 0.0931. The lowest BCUT2D eigenvalue weighted by Crippen LogP contribution is -2.30. The van der Waals surface area contributed by atoms with Crippen molar-refractivity contribution in [2.75, 3.05) is 7.11 Å². The van der Waals surface area contributed by atoms with Crippen molar-refractivity contribution in [2.45, 2.75) is 39.2 Å². The third-order valence-corrected chi connectivity index (χ3v) is 5.32. The summed E-state index contributed by atoms with van der Waals surface area (Å²) in [7, 11) is 1.66. The molecule has 3 heteroatoms. The van der Waals surface area contributed by atoms with E-state index in [0.29, 0.717) is 5.92 Å². The number of carbonyl (C=O) groups is 1. The van der Waals surface area contributed by atoms with Crippen LogP contribution >= 0.6 is 0 Å². The standard InChI is InChI=1S/C27H31NO2/c1-20(2)19-26(23-15-17-24(30-3)18-16-23)28-27(29)25-12-8-7-11-22(25)14-13-21-9-5-4-6-10-21/h4-12,15-18,20,26H,13-14,19H2,1-3H3,(H,28,29)/t26-/m1/s1. The van der Waals surface area contributed by atoms with Crippen LogP contribution in [0.15, 0.2) is 78.9 Å². The molecule has 0 aliphatic rings. The van der Waals surface area contributed by atoms with Gasteiger partial charge in [0.15, 0.2) is 0 Å². The third kappa shape index (κ3) is 5.96. The molecule has 0 saturated heterocycles. The largest absolute Gasteiger partial charge is 0.497 e. The lowest BCUT2D eigenvalue weighted by atomic mass is 9.95. The molecule has 3 aromatic carbocycles. The fraction of sp³-hybridized carbons (Fsp3) is 0.296. The Balaban J connectivity index is 1.76. The first-order chi connectivity index (χ1) is 14.6. The van der Waals surface area contributed by atoms with Crippen LogP contribution in [-0.2, 0) is 12.8 Å². The normalized spacial score (nSPS) is 11.9. The van der Waals surface area contributed by atoms with Crippen molar-refractivity contribution in [3.8, 4) is 5.75 Å². The minimum Gasteiger partial charge on any atom is -0.497 e. The predicted octanol–water partition coefficient (Wildman–Crippen LogP) is 6.00. The molecule has 156 valence electrons. The lowest BCUT2D eigenvalue weighted by Gasteiger charge is -2.22. The first-order valence-electron chi connectivity index (χ1n) is 10.6. The molecule has 1 amide bonds. The molecule has 3 rings (SSSR count). The van der Waals surface area contributed by atoms with Crippen LogP contribution in [-0.4, -0.2) is 13.0 Å². The summed E-state index contributed by atoms with van der Waals surface area (Å²) in [5.74, 6) is 1.27. The minimum absolute atomic E-state index is 0.0138. The number of rotatable bonds is 9. The van der Waals surface area contributed by atoms with Crippen LogP contribution in [0, 0.1) is 5.92 Å². The number of aryl methyl sites for hydroxylation is 2. The van der Waals surface area contributed by atoms with Crippen molar-refractivity contribution < 1.29 is 9.53 Å². The number of benzene rings is 3. The molecule has 0 radical (unpaired) electrons. The second-order valence-electron chi connectivity index (χ2n) is 8.07. The Kier molecular flexibility index (Phi) is 7.67. The molecular weight excluding hydrogens is 370 g/mol. The van der Waals surface area contributed by atoms with Crippen molar-refractivity contribution in [1.29, 1.82) is 0 Å². The van der Waals surface area contributed by atoms with Gasteiger partial charge in [-0.05, 0) is 60.1 Å². The maximum absolute atomic E-state index is 13.2. The van der Waals surface area contributed by atoms with Crippen molar-refractivity contribution in [2.24, 2.45) is 5.92 Å². The molecule has 3 aromatic rings. The van der Waals surface area contributed by atoms with Crippen LogP contribution in [0.1, 0.15) is 53.4 Å². The Bertz CT molecular complexity index is 933. The van der Waals surface area contributed by atoms with Crippen LogP contribution in [0.5, 0.6) is 5.75 Å². The van der Waals surface area contributed by atoms with Crippen molar-refractivity contribution in [3.05, 3.63) is 101 Å². The molecule has 0 aliphatic carbocycles. The summed E-state index contributed by atoms with van der Waals surface area (Å²) in [6, 6.07) is 26.3. The minimum atomic E-state index is -0.0365. The van der Waals surface area contributed by atoms with Crippen LogP contribution in [0.3, 0.4) is 0 Å². The van der Waals surface area contributed by atoms with Crippen LogP contribution in [0.4, 0.5) is 0 Å². The molecule has 0 spiro atoms. The second kappa shape index (κ2) is 10.6. The van der Waals surface area contributed by atoms with Gasteiger partial charge in [-0.3, -0.25) is 4.79 Å². The molecule has 0 aromatic heterocycles. The van der Waals surface area contributed by atoms with E-state index in [1.54, 1.807) is 7.11 Å². The van der Waals surface area contributed by atoms with Crippen LogP contribution in [0.2, 0.25) is 0 Å². The highest BCUT2D eigenvalue weighted by molar-refractivity contribution is 5.96. The van der Waals surface area contributed by atoms with Gasteiger partial charge in [-0.2, -0.15) is 0 Å². The third-order valence-electron chi connectivity index (χ3n) is 5.32. The highest BCUT2D eigenvalue weighted by Crippen LogP contribution is 2.24. The summed E-state index contributed by atoms with van der Waals surface area (Å²) in [5, 5.41) is 3.28. The quantitative estimate of drug-likeness (QED) is 0.478. The molecule has 1 atom stereocenters. The maximum Gasteiger partial charge on any atom is 0.252 e. The van der Waals surface area contributed by atoms with Crippen molar-refractivity contribution in [1.82, 2.24) is 5.32 Å². The summed E-state index contributed by atoms with van der Waals surface area (Å²) < 4.78 is 5.27. The summed E-state index contributed by atoms with van der Waals surface area (Å²) in [6.07, 6.45) is 2.63. The first-order valence-corrected chi connectivity index (χ1v) is 10.6. The van der Waals surface area contributed by atoms with E-state index in [-0.39, 0.29) is 11.9 Å². The number of nitrogens with one attached hydrogen (secondary N) is 1. The van der Waals surface area contributed by atoms with Crippen molar-refractivity contribution >= 4 is 5.91 Å². The van der Waals surface area contributed by atoms with Gasteiger partial charge in [-0.1, -0.05) is 74.5 Å². The summed E-state index contributed by atoms with van der Waals surface area (Å²) in [5.41, 5.74) is 4.22. The molecule has 0 fully saturated rings. The first kappa shape index (κ1) is 21.6. The molecule has 0 aliphatic heterocycles. The molecular formula is C27H31NO2. The van der Waals surface area contributed by atoms with Crippen molar-refractivity contribution in [3.63, 3.8) is 0 Å². The number of hydrogen-bond acceptors (Lipinski definition) is 2. The van der Waals surface area contributed by atoms with Crippen LogP contribution in [0.25, 0.3) is 0 Å². The Morgan fingerprint density at radius 2 is 1.53 bits per heavy atom. The van der Waals surface area contributed by atoms with Gasteiger partial charge in [0, 0.05) is 5.56 Å². The fourth-order valence-electron chi connectivity index (χ4n) is 3.71. The number of carbonyl (C=O) groups excluding carboxylic acids is 1.